The SMILES string of the molecule is CC1CCN(c2c(NC(=O)c3ccn(CC(F)F)n3)ccc(Oc3ccccc3F)c2C(F)(F)F)C[C@@H]1CN. The molecule has 13 heteroatoms. The fourth-order valence-corrected chi connectivity index (χ4v) is 4.58. The third kappa shape index (κ3) is 6.47. The zero-order valence-electron chi connectivity index (χ0n) is 20.9. The standard InChI is InChI=1S/C26H27F6N5O2/c1-15-8-10-36(13-16(15)12-33)24-18(34-25(38)19-9-11-37(35-19)14-22(28)29)6-7-21(23(24)26(30,31)32)39-20-5-3-2-4-17(20)27/h2-7,9,11,15-16,22H,8,10,12-14,33H2,1H3,(H,34,38)/t15?,16-/m0/s1. The van der Waals surface area contributed by atoms with Gasteiger partial charge in [-0.15, -0.1) is 0 Å². The van der Waals surface area contributed by atoms with E-state index in [1.807, 2.05) is 6.92 Å². The van der Waals surface area contributed by atoms with Crippen molar-refractivity contribution in [2.75, 3.05) is 29.9 Å². The minimum atomic E-state index is -4.96. The molecule has 0 saturated carbocycles. The number of rotatable bonds is 8. The van der Waals surface area contributed by atoms with Crippen LogP contribution in [0.5, 0.6) is 11.5 Å². The Morgan fingerprint density at radius 2 is 1.92 bits per heavy atom. The molecule has 3 aromatic rings. The number of ether oxygens (including phenoxy) is 1. The number of anilines is 2. The third-order valence-electron chi connectivity index (χ3n) is 6.66. The Kier molecular flexibility index (Phi) is 8.38. The van der Waals surface area contributed by atoms with Crippen molar-refractivity contribution in [3.63, 3.8) is 0 Å². The second-order valence-electron chi connectivity index (χ2n) is 9.34. The van der Waals surface area contributed by atoms with Gasteiger partial charge >= 0.3 is 6.18 Å². The molecule has 4 rings (SSSR count). The van der Waals surface area contributed by atoms with E-state index in [0.717, 1.165) is 16.8 Å². The molecule has 0 bridgehead atoms. The van der Waals surface area contributed by atoms with Crippen LogP contribution in [-0.2, 0) is 12.7 Å². The summed E-state index contributed by atoms with van der Waals surface area (Å²) >= 11 is 0. The highest BCUT2D eigenvalue weighted by Gasteiger charge is 2.42. The Balaban J connectivity index is 1.79. The predicted molar refractivity (Wildman–Crippen MR) is 133 cm³/mol. The number of amides is 1. The first-order valence-corrected chi connectivity index (χ1v) is 12.2. The van der Waals surface area contributed by atoms with Gasteiger partial charge in [0, 0.05) is 19.3 Å². The minimum Gasteiger partial charge on any atom is -0.454 e. The summed E-state index contributed by atoms with van der Waals surface area (Å²) in [6.45, 7) is 1.88. The molecule has 39 heavy (non-hydrogen) atoms. The summed E-state index contributed by atoms with van der Waals surface area (Å²) in [4.78, 5) is 14.4. The lowest BCUT2D eigenvalue weighted by molar-refractivity contribution is -0.138. The molecule has 1 aliphatic heterocycles. The van der Waals surface area contributed by atoms with Gasteiger partial charge in [0.25, 0.3) is 12.3 Å². The van der Waals surface area contributed by atoms with Crippen molar-refractivity contribution >= 4 is 17.3 Å². The van der Waals surface area contributed by atoms with E-state index in [-0.39, 0.29) is 48.5 Å². The molecule has 1 aliphatic rings. The first kappa shape index (κ1) is 28.3. The predicted octanol–water partition coefficient (Wildman–Crippen LogP) is 5.77. The number of carbonyl (C=O) groups excluding carboxylic acids is 1. The van der Waals surface area contributed by atoms with Gasteiger partial charge < -0.3 is 20.7 Å². The van der Waals surface area contributed by atoms with Crippen LogP contribution in [-0.4, -0.2) is 41.7 Å². The molecule has 1 fully saturated rings. The van der Waals surface area contributed by atoms with Crippen molar-refractivity contribution in [2.24, 2.45) is 17.6 Å². The third-order valence-corrected chi connectivity index (χ3v) is 6.66. The zero-order chi connectivity index (χ0) is 28.3. The minimum absolute atomic E-state index is 0.121. The van der Waals surface area contributed by atoms with E-state index in [4.69, 9.17) is 10.5 Å². The number of alkyl halides is 5. The lowest BCUT2D eigenvalue weighted by Crippen LogP contribution is -2.43. The highest BCUT2D eigenvalue weighted by Crippen LogP contribution is 2.49. The molecule has 1 aromatic heterocycles. The average molecular weight is 556 g/mol. The number of hydrogen-bond donors (Lipinski definition) is 2. The Hall–Kier alpha value is -3.74. The van der Waals surface area contributed by atoms with Crippen LogP contribution in [0.1, 0.15) is 29.4 Å². The highest BCUT2D eigenvalue weighted by atomic mass is 19.4. The topological polar surface area (TPSA) is 85.4 Å². The smallest absolute Gasteiger partial charge is 0.422 e. The number of carbonyl (C=O) groups is 1. The van der Waals surface area contributed by atoms with Gasteiger partial charge in [-0.05, 0) is 55.1 Å². The summed E-state index contributed by atoms with van der Waals surface area (Å²) in [5.74, 6) is -2.74. The molecule has 0 radical (unpaired) electrons. The van der Waals surface area contributed by atoms with E-state index in [0.29, 0.717) is 6.42 Å². The summed E-state index contributed by atoms with van der Waals surface area (Å²) in [5.41, 5.74) is 3.88. The first-order chi connectivity index (χ1) is 18.5. The van der Waals surface area contributed by atoms with E-state index in [1.54, 1.807) is 0 Å². The van der Waals surface area contributed by atoms with Gasteiger partial charge in [-0.2, -0.15) is 18.3 Å². The number of hydrogen-bond acceptors (Lipinski definition) is 5. The summed E-state index contributed by atoms with van der Waals surface area (Å²) in [7, 11) is 0. The Labute approximate surface area is 220 Å². The number of benzene rings is 2. The molecule has 2 aromatic carbocycles. The normalized spacial score (nSPS) is 17.9. The van der Waals surface area contributed by atoms with Gasteiger partial charge in [0.2, 0.25) is 0 Å². The van der Waals surface area contributed by atoms with E-state index >= 15 is 0 Å². The number of para-hydroxylation sites is 1. The fraction of sp³-hybridized carbons (Fsp3) is 0.385. The van der Waals surface area contributed by atoms with Crippen molar-refractivity contribution in [1.29, 1.82) is 0 Å². The van der Waals surface area contributed by atoms with Gasteiger partial charge in [0.05, 0.1) is 11.4 Å². The van der Waals surface area contributed by atoms with Crippen LogP contribution in [0, 0.1) is 17.7 Å². The van der Waals surface area contributed by atoms with E-state index < -0.39 is 47.9 Å². The van der Waals surface area contributed by atoms with Crippen LogP contribution in [0.2, 0.25) is 0 Å². The van der Waals surface area contributed by atoms with Gasteiger partial charge in [0.1, 0.15) is 17.9 Å². The van der Waals surface area contributed by atoms with E-state index in [1.165, 1.54) is 41.4 Å². The quantitative estimate of drug-likeness (QED) is 0.345. The summed E-state index contributed by atoms with van der Waals surface area (Å²) < 4.78 is 89.9. The summed E-state index contributed by atoms with van der Waals surface area (Å²) in [6, 6.07) is 8.47. The molecule has 7 nitrogen and oxygen atoms in total. The molecular weight excluding hydrogens is 528 g/mol. The second kappa shape index (κ2) is 11.6. The lowest BCUT2D eigenvalue weighted by atomic mass is 9.86. The van der Waals surface area contributed by atoms with Crippen LogP contribution in [0.25, 0.3) is 0 Å². The van der Waals surface area contributed by atoms with E-state index in [2.05, 4.69) is 10.4 Å². The maximum Gasteiger partial charge on any atom is 0.422 e. The van der Waals surface area contributed by atoms with Gasteiger partial charge in [-0.25, -0.2) is 13.2 Å². The van der Waals surface area contributed by atoms with Gasteiger partial charge in [0.15, 0.2) is 17.3 Å². The fourth-order valence-electron chi connectivity index (χ4n) is 4.58. The van der Waals surface area contributed by atoms with Crippen LogP contribution >= 0.6 is 0 Å². The Bertz CT molecular complexity index is 1310. The van der Waals surface area contributed by atoms with Crippen molar-refractivity contribution in [1.82, 2.24) is 9.78 Å². The molecular formula is C26H27F6N5O2. The lowest BCUT2D eigenvalue weighted by Gasteiger charge is -2.40. The molecule has 1 amide bonds. The summed E-state index contributed by atoms with van der Waals surface area (Å²) in [6.07, 6.45) is -5.95. The molecule has 2 heterocycles. The molecule has 210 valence electrons. The van der Waals surface area contributed by atoms with Crippen molar-refractivity contribution in [3.05, 3.63) is 65.7 Å². The number of piperidine rings is 1. The number of nitrogens with one attached hydrogen (secondary N) is 1. The summed E-state index contributed by atoms with van der Waals surface area (Å²) in [5, 5.41) is 6.23. The van der Waals surface area contributed by atoms with Crippen molar-refractivity contribution in [3.8, 4) is 11.5 Å². The van der Waals surface area contributed by atoms with Crippen LogP contribution in [0.3, 0.4) is 0 Å². The number of aromatic nitrogens is 2. The number of halogens is 6. The molecule has 2 atom stereocenters. The largest absolute Gasteiger partial charge is 0.454 e. The van der Waals surface area contributed by atoms with Gasteiger partial charge in [-0.1, -0.05) is 19.1 Å². The molecule has 1 unspecified atom stereocenters. The van der Waals surface area contributed by atoms with Crippen LogP contribution in [0.15, 0.2) is 48.7 Å². The number of nitrogens with zero attached hydrogens (tertiary/aromatic N) is 3. The average Bonchev–Trinajstić information content (AvgIpc) is 3.33. The van der Waals surface area contributed by atoms with Crippen LogP contribution in [0.4, 0.5) is 37.7 Å². The first-order valence-electron chi connectivity index (χ1n) is 12.2. The maximum absolute atomic E-state index is 14.7. The Morgan fingerprint density at radius 1 is 1.18 bits per heavy atom. The van der Waals surface area contributed by atoms with Gasteiger partial charge in [-0.3, -0.25) is 9.48 Å². The van der Waals surface area contributed by atoms with Crippen LogP contribution < -0.4 is 20.7 Å². The Morgan fingerprint density at radius 3 is 2.59 bits per heavy atom. The number of nitrogens with two attached hydrogens (primary N) is 1. The van der Waals surface area contributed by atoms with E-state index in [9.17, 15) is 31.1 Å². The second-order valence-corrected chi connectivity index (χ2v) is 9.34. The monoisotopic (exact) mass is 555 g/mol. The van der Waals surface area contributed by atoms with Crippen molar-refractivity contribution in [2.45, 2.75) is 32.5 Å². The highest BCUT2D eigenvalue weighted by molar-refractivity contribution is 6.05. The molecule has 0 aliphatic carbocycles. The molecule has 3 N–H and O–H groups in total. The maximum atomic E-state index is 14.7. The zero-order valence-corrected chi connectivity index (χ0v) is 20.9. The molecule has 1 saturated heterocycles. The molecule has 0 spiro atoms. The van der Waals surface area contributed by atoms with Crippen molar-refractivity contribution < 1.29 is 35.9 Å².